The Labute approximate surface area is 165 Å². The SMILES string of the molecule is C/C(=N\NC(=O)[C@H]1C(=O)NC[C@H]1c1ccccc1)c1ccc2c(c1)CCCC2. The molecule has 1 heterocycles. The zero-order chi connectivity index (χ0) is 19.5. The van der Waals surface area contributed by atoms with Gasteiger partial charge in [0.15, 0.2) is 0 Å². The molecule has 2 aromatic carbocycles. The molecule has 2 aromatic rings. The van der Waals surface area contributed by atoms with Crippen molar-refractivity contribution in [2.45, 2.75) is 38.5 Å². The highest BCUT2D eigenvalue weighted by Gasteiger charge is 2.41. The minimum absolute atomic E-state index is 0.173. The van der Waals surface area contributed by atoms with E-state index in [2.05, 4.69) is 34.0 Å². The standard InChI is InChI=1S/C23H25N3O2/c1-15(18-12-11-16-7-5-6-10-19(16)13-18)25-26-23(28)21-20(14-24-22(21)27)17-8-3-2-4-9-17/h2-4,8-9,11-13,20-21H,5-7,10,14H2,1H3,(H,24,27)(H,26,28)/b25-15+/t20-,21+/m0/s1. The van der Waals surface area contributed by atoms with E-state index < -0.39 is 5.92 Å². The highest BCUT2D eigenvalue weighted by atomic mass is 16.2. The molecule has 28 heavy (non-hydrogen) atoms. The molecule has 5 nitrogen and oxygen atoms in total. The molecule has 1 aliphatic carbocycles. The van der Waals surface area contributed by atoms with E-state index in [4.69, 9.17) is 0 Å². The summed E-state index contributed by atoms with van der Waals surface area (Å²) in [7, 11) is 0. The summed E-state index contributed by atoms with van der Waals surface area (Å²) < 4.78 is 0. The number of hydrazone groups is 1. The Morgan fingerprint density at radius 2 is 1.82 bits per heavy atom. The van der Waals surface area contributed by atoms with Crippen LogP contribution in [0.25, 0.3) is 0 Å². The molecule has 2 amide bonds. The summed E-state index contributed by atoms with van der Waals surface area (Å²) in [5.74, 6) is -1.54. The Hall–Kier alpha value is -2.95. The van der Waals surface area contributed by atoms with Gasteiger partial charge in [0.05, 0.1) is 5.71 Å². The number of amides is 2. The summed E-state index contributed by atoms with van der Waals surface area (Å²) in [6, 6.07) is 16.1. The summed E-state index contributed by atoms with van der Waals surface area (Å²) in [4.78, 5) is 25.0. The van der Waals surface area contributed by atoms with Crippen LogP contribution in [0, 0.1) is 5.92 Å². The molecule has 144 valence electrons. The predicted molar refractivity (Wildman–Crippen MR) is 109 cm³/mol. The lowest BCUT2D eigenvalue weighted by Crippen LogP contribution is -2.35. The largest absolute Gasteiger partial charge is 0.355 e. The number of carbonyl (C=O) groups is 2. The number of benzene rings is 2. The molecule has 1 saturated heterocycles. The fourth-order valence-corrected chi connectivity index (χ4v) is 4.16. The maximum absolute atomic E-state index is 12.7. The molecule has 4 rings (SSSR count). The number of hydrogen-bond donors (Lipinski definition) is 2. The van der Waals surface area contributed by atoms with Crippen LogP contribution in [-0.2, 0) is 22.4 Å². The first kappa shape index (κ1) is 18.4. The molecule has 0 saturated carbocycles. The molecule has 2 aliphatic rings. The highest BCUT2D eigenvalue weighted by Crippen LogP contribution is 2.29. The van der Waals surface area contributed by atoms with Crippen LogP contribution in [0.4, 0.5) is 0 Å². The molecule has 0 bridgehead atoms. The normalized spacial score (nSPS) is 21.8. The van der Waals surface area contributed by atoms with E-state index in [1.54, 1.807) is 0 Å². The number of nitrogens with one attached hydrogen (secondary N) is 2. The van der Waals surface area contributed by atoms with Crippen LogP contribution in [-0.4, -0.2) is 24.1 Å². The van der Waals surface area contributed by atoms with E-state index in [0.29, 0.717) is 6.54 Å². The van der Waals surface area contributed by atoms with Gasteiger partial charge in [-0.25, -0.2) is 5.43 Å². The van der Waals surface area contributed by atoms with Crippen LogP contribution in [0.2, 0.25) is 0 Å². The van der Waals surface area contributed by atoms with Gasteiger partial charge in [0, 0.05) is 12.5 Å². The molecule has 5 heteroatoms. The van der Waals surface area contributed by atoms with Crippen molar-refractivity contribution in [3.8, 4) is 0 Å². The predicted octanol–water partition coefficient (Wildman–Crippen LogP) is 2.94. The van der Waals surface area contributed by atoms with Crippen LogP contribution < -0.4 is 10.7 Å². The van der Waals surface area contributed by atoms with Gasteiger partial charge < -0.3 is 5.32 Å². The first-order chi connectivity index (χ1) is 13.6. The topological polar surface area (TPSA) is 70.6 Å². The molecule has 2 atom stereocenters. The Morgan fingerprint density at radius 1 is 1.07 bits per heavy atom. The van der Waals surface area contributed by atoms with E-state index >= 15 is 0 Å². The average molecular weight is 375 g/mol. The van der Waals surface area contributed by atoms with E-state index in [1.807, 2.05) is 37.3 Å². The molecule has 0 aromatic heterocycles. The zero-order valence-electron chi connectivity index (χ0n) is 16.1. The highest BCUT2D eigenvalue weighted by molar-refractivity contribution is 6.04. The Morgan fingerprint density at radius 3 is 2.61 bits per heavy atom. The van der Waals surface area contributed by atoms with E-state index in [-0.39, 0.29) is 17.7 Å². The van der Waals surface area contributed by atoms with Crippen molar-refractivity contribution in [1.29, 1.82) is 0 Å². The van der Waals surface area contributed by atoms with Gasteiger partial charge in [-0.15, -0.1) is 0 Å². The van der Waals surface area contributed by atoms with Crippen molar-refractivity contribution in [2.24, 2.45) is 11.0 Å². The van der Waals surface area contributed by atoms with Crippen LogP contribution in [0.3, 0.4) is 0 Å². The maximum Gasteiger partial charge on any atom is 0.253 e. The monoisotopic (exact) mass is 375 g/mol. The summed E-state index contributed by atoms with van der Waals surface area (Å²) in [5, 5.41) is 7.09. The number of rotatable bonds is 4. The van der Waals surface area contributed by atoms with Gasteiger partial charge in [-0.1, -0.05) is 42.5 Å². The van der Waals surface area contributed by atoms with E-state index in [0.717, 1.165) is 29.7 Å². The van der Waals surface area contributed by atoms with Gasteiger partial charge in [0.1, 0.15) is 5.92 Å². The quantitative estimate of drug-likeness (QED) is 0.490. The van der Waals surface area contributed by atoms with Crippen molar-refractivity contribution in [3.05, 3.63) is 70.8 Å². The number of nitrogens with zero attached hydrogens (tertiary/aromatic N) is 1. The first-order valence-corrected chi connectivity index (χ1v) is 9.92. The summed E-state index contributed by atoms with van der Waals surface area (Å²) in [6.07, 6.45) is 4.71. The molecular formula is C23H25N3O2. The van der Waals surface area contributed by atoms with Crippen molar-refractivity contribution < 1.29 is 9.59 Å². The molecule has 1 aliphatic heterocycles. The third-order valence-corrected chi connectivity index (χ3v) is 5.79. The summed E-state index contributed by atoms with van der Waals surface area (Å²) in [5.41, 5.74) is 8.16. The lowest BCUT2D eigenvalue weighted by atomic mass is 9.88. The Balaban J connectivity index is 1.48. The van der Waals surface area contributed by atoms with Gasteiger partial charge in [-0.3, -0.25) is 9.59 Å². The van der Waals surface area contributed by atoms with Crippen molar-refractivity contribution >= 4 is 17.5 Å². The minimum Gasteiger partial charge on any atom is -0.355 e. The molecule has 0 unspecified atom stereocenters. The van der Waals surface area contributed by atoms with Crippen molar-refractivity contribution in [2.75, 3.05) is 6.54 Å². The number of hydrogen-bond acceptors (Lipinski definition) is 3. The first-order valence-electron chi connectivity index (χ1n) is 9.92. The molecule has 1 fully saturated rings. The zero-order valence-corrected chi connectivity index (χ0v) is 16.1. The van der Waals surface area contributed by atoms with Crippen LogP contribution in [0.5, 0.6) is 0 Å². The van der Waals surface area contributed by atoms with Crippen LogP contribution >= 0.6 is 0 Å². The lowest BCUT2D eigenvalue weighted by molar-refractivity contribution is -0.133. The fraction of sp³-hybridized carbons (Fsp3) is 0.348. The summed E-state index contributed by atoms with van der Waals surface area (Å²) >= 11 is 0. The molecular weight excluding hydrogens is 350 g/mol. The number of carbonyl (C=O) groups excluding carboxylic acids is 2. The third kappa shape index (κ3) is 3.70. The second kappa shape index (κ2) is 7.97. The molecule has 2 N–H and O–H groups in total. The Kier molecular flexibility index (Phi) is 5.24. The number of fused-ring (bicyclic) bond motifs is 1. The second-order valence-corrected chi connectivity index (χ2v) is 7.60. The van der Waals surface area contributed by atoms with Gasteiger partial charge in [-0.2, -0.15) is 5.10 Å². The van der Waals surface area contributed by atoms with Crippen molar-refractivity contribution in [1.82, 2.24) is 10.7 Å². The lowest BCUT2D eigenvalue weighted by Gasteiger charge is -2.17. The van der Waals surface area contributed by atoms with Gasteiger partial charge in [-0.05, 0) is 60.9 Å². The molecule has 0 radical (unpaired) electrons. The van der Waals surface area contributed by atoms with Gasteiger partial charge >= 0.3 is 0 Å². The van der Waals surface area contributed by atoms with Gasteiger partial charge in [0.25, 0.3) is 5.91 Å². The van der Waals surface area contributed by atoms with E-state index in [9.17, 15) is 9.59 Å². The minimum atomic E-state index is -0.762. The second-order valence-electron chi connectivity index (χ2n) is 7.60. The smallest absolute Gasteiger partial charge is 0.253 e. The van der Waals surface area contributed by atoms with Crippen LogP contribution in [0.15, 0.2) is 53.6 Å². The third-order valence-electron chi connectivity index (χ3n) is 5.79. The molecule has 0 spiro atoms. The van der Waals surface area contributed by atoms with E-state index in [1.165, 1.54) is 24.0 Å². The summed E-state index contributed by atoms with van der Waals surface area (Å²) in [6.45, 7) is 2.35. The maximum atomic E-state index is 12.7. The van der Waals surface area contributed by atoms with Gasteiger partial charge in [0.2, 0.25) is 5.91 Å². The van der Waals surface area contributed by atoms with Crippen molar-refractivity contribution in [3.63, 3.8) is 0 Å². The fourth-order valence-electron chi connectivity index (χ4n) is 4.16. The Bertz CT molecular complexity index is 921. The number of aryl methyl sites for hydroxylation is 2. The van der Waals surface area contributed by atoms with Crippen LogP contribution in [0.1, 0.15) is 47.9 Å². The average Bonchev–Trinajstić information content (AvgIpc) is 3.13.